The van der Waals surface area contributed by atoms with Gasteiger partial charge in [0.2, 0.25) is 0 Å². The van der Waals surface area contributed by atoms with E-state index in [0.717, 1.165) is 49.4 Å². The van der Waals surface area contributed by atoms with E-state index in [1.807, 2.05) is 66.7 Å². The van der Waals surface area contributed by atoms with Crippen LogP contribution in [0.25, 0.3) is 54.8 Å². The fourth-order valence-corrected chi connectivity index (χ4v) is 6.35. The van der Waals surface area contributed by atoms with Gasteiger partial charge in [0.25, 0.3) is 10.0 Å². The van der Waals surface area contributed by atoms with Crippen LogP contribution in [0.2, 0.25) is 0 Å². The summed E-state index contributed by atoms with van der Waals surface area (Å²) in [5.41, 5.74) is 5.36. The van der Waals surface area contributed by atoms with Crippen LogP contribution < -0.4 is 4.72 Å². The maximum Gasteiger partial charge on any atom is 0.261 e. The van der Waals surface area contributed by atoms with Crippen molar-refractivity contribution in [2.75, 3.05) is 4.72 Å². The first-order valence-electron chi connectivity index (χ1n) is 13.1. The highest BCUT2D eigenvalue weighted by Gasteiger charge is 2.16. The van der Waals surface area contributed by atoms with Gasteiger partial charge in [-0.25, -0.2) is 13.4 Å². The van der Waals surface area contributed by atoms with E-state index in [1.54, 1.807) is 24.3 Å². The van der Waals surface area contributed by atoms with Crippen LogP contribution in [0.3, 0.4) is 0 Å². The minimum absolute atomic E-state index is 0.228. The predicted molar refractivity (Wildman–Crippen MR) is 165 cm³/mol. The summed E-state index contributed by atoms with van der Waals surface area (Å²) < 4.78 is 29.0. The number of pyridine rings is 1. The van der Waals surface area contributed by atoms with Gasteiger partial charge in [0.1, 0.15) is 0 Å². The number of nitrogens with zero attached hydrogens (tertiary/aromatic N) is 1. The number of sulfonamides is 1. The first-order valence-corrected chi connectivity index (χ1v) is 14.5. The lowest BCUT2D eigenvalue weighted by Gasteiger charge is -2.13. The summed E-state index contributed by atoms with van der Waals surface area (Å²) >= 11 is 0. The van der Waals surface area contributed by atoms with E-state index in [2.05, 4.69) is 53.3 Å². The van der Waals surface area contributed by atoms with Crippen molar-refractivity contribution in [2.24, 2.45) is 0 Å². The molecule has 0 saturated heterocycles. The topological polar surface area (TPSA) is 59.1 Å². The average Bonchev–Trinajstić information content (AvgIpc) is 3.00. The van der Waals surface area contributed by atoms with Crippen molar-refractivity contribution < 1.29 is 8.42 Å². The van der Waals surface area contributed by atoms with E-state index in [-0.39, 0.29) is 4.90 Å². The lowest BCUT2D eigenvalue weighted by molar-refractivity contribution is 0.601. The molecule has 6 aromatic carbocycles. The normalized spacial score (nSPS) is 11.7. The standard InChI is InChI=1S/C35H24N2O2S/c38-40(39,30-20-16-24-8-4-5-12-28(24)22-30)37-29-18-14-27(15-19-29)34-23-32(25-9-2-1-3-10-25)35-31-13-7-6-11-26(31)17-21-33(35)36-34/h1-23,37H. The highest BCUT2D eigenvalue weighted by molar-refractivity contribution is 7.92. The number of hydrogen-bond donors (Lipinski definition) is 1. The zero-order valence-electron chi connectivity index (χ0n) is 21.5. The predicted octanol–water partition coefficient (Wildman–Crippen LogP) is 8.68. The van der Waals surface area contributed by atoms with Crippen molar-refractivity contribution >= 4 is 48.2 Å². The number of hydrogen-bond acceptors (Lipinski definition) is 3. The van der Waals surface area contributed by atoms with Gasteiger partial charge in [0.05, 0.1) is 16.1 Å². The van der Waals surface area contributed by atoms with Crippen molar-refractivity contribution in [3.05, 3.63) is 140 Å². The van der Waals surface area contributed by atoms with E-state index >= 15 is 0 Å². The van der Waals surface area contributed by atoms with Gasteiger partial charge >= 0.3 is 0 Å². The summed E-state index contributed by atoms with van der Waals surface area (Å²) in [4.78, 5) is 5.25. The summed E-state index contributed by atoms with van der Waals surface area (Å²) in [7, 11) is -3.74. The van der Waals surface area contributed by atoms with Crippen molar-refractivity contribution in [2.45, 2.75) is 4.90 Å². The molecule has 0 bridgehead atoms. The van der Waals surface area contributed by atoms with Crippen molar-refractivity contribution in [1.29, 1.82) is 0 Å². The zero-order chi connectivity index (χ0) is 27.1. The molecule has 0 atom stereocenters. The Labute approximate surface area is 232 Å². The quantitative estimate of drug-likeness (QED) is 0.224. The number of aromatic nitrogens is 1. The Bertz CT molecular complexity index is 2140. The maximum absolute atomic E-state index is 13.1. The zero-order valence-corrected chi connectivity index (χ0v) is 22.3. The first-order chi connectivity index (χ1) is 19.5. The van der Waals surface area contributed by atoms with E-state index in [4.69, 9.17) is 4.98 Å². The smallest absolute Gasteiger partial charge is 0.261 e. The molecule has 5 heteroatoms. The molecule has 0 fully saturated rings. The Morgan fingerprint density at radius 2 is 1.23 bits per heavy atom. The third kappa shape index (κ3) is 4.36. The van der Waals surface area contributed by atoms with E-state index < -0.39 is 10.0 Å². The molecule has 0 unspecified atom stereocenters. The number of benzene rings is 6. The molecule has 1 N–H and O–H groups in total. The third-order valence-electron chi connectivity index (χ3n) is 7.25. The Morgan fingerprint density at radius 1 is 0.550 bits per heavy atom. The fourth-order valence-electron chi connectivity index (χ4n) is 5.26. The molecular formula is C35H24N2O2S. The first kappa shape index (κ1) is 24.1. The van der Waals surface area contributed by atoms with Gasteiger partial charge < -0.3 is 0 Å². The Morgan fingerprint density at radius 3 is 2.02 bits per heavy atom. The van der Waals surface area contributed by atoms with Crippen LogP contribution in [-0.4, -0.2) is 13.4 Å². The van der Waals surface area contributed by atoms with Crippen molar-refractivity contribution in [3.8, 4) is 22.4 Å². The van der Waals surface area contributed by atoms with Crippen molar-refractivity contribution in [1.82, 2.24) is 4.98 Å². The van der Waals surface area contributed by atoms with E-state index in [9.17, 15) is 8.42 Å². The van der Waals surface area contributed by atoms with Gasteiger partial charge in [-0.3, -0.25) is 4.72 Å². The Balaban J connectivity index is 1.27. The number of anilines is 1. The highest BCUT2D eigenvalue weighted by atomic mass is 32.2. The second-order valence-electron chi connectivity index (χ2n) is 9.79. The Kier molecular flexibility index (Phi) is 5.80. The van der Waals surface area contributed by atoms with Gasteiger partial charge in [0, 0.05) is 16.6 Å². The summed E-state index contributed by atoms with van der Waals surface area (Å²) in [6.45, 7) is 0. The molecule has 4 nitrogen and oxygen atoms in total. The molecule has 0 saturated carbocycles. The second kappa shape index (κ2) is 9.63. The molecule has 0 aliphatic heterocycles. The van der Waals surface area contributed by atoms with Crippen LogP contribution in [0.1, 0.15) is 0 Å². The molecule has 0 aliphatic carbocycles. The Hall–Kier alpha value is -5.00. The van der Waals surface area contributed by atoms with Gasteiger partial charge in [-0.1, -0.05) is 103 Å². The van der Waals surface area contributed by atoms with Gasteiger partial charge in [-0.15, -0.1) is 0 Å². The summed E-state index contributed by atoms with van der Waals surface area (Å²) in [5, 5.41) is 5.33. The lowest BCUT2D eigenvalue weighted by atomic mass is 9.94. The molecule has 0 amide bonds. The minimum atomic E-state index is -3.74. The largest absolute Gasteiger partial charge is 0.280 e. The van der Waals surface area contributed by atoms with Crippen molar-refractivity contribution in [3.63, 3.8) is 0 Å². The van der Waals surface area contributed by atoms with Gasteiger partial charge in [0.15, 0.2) is 0 Å². The van der Waals surface area contributed by atoms with E-state index in [0.29, 0.717) is 5.69 Å². The van der Waals surface area contributed by atoms with Crippen LogP contribution in [0, 0.1) is 0 Å². The molecule has 0 aliphatic rings. The van der Waals surface area contributed by atoms with Crippen LogP contribution in [-0.2, 0) is 10.0 Å². The van der Waals surface area contributed by atoms with Gasteiger partial charge in [-0.05, 0) is 69.1 Å². The second-order valence-corrected chi connectivity index (χ2v) is 11.5. The summed E-state index contributed by atoms with van der Waals surface area (Å²) in [6, 6.07) is 45.2. The van der Waals surface area contributed by atoms with Crippen LogP contribution in [0.5, 0.6) is 0 Å². The number of fused-ring (bicyclic) bond motifs is 4. The third-order valence-corrected chi connectivity index (χ3v) is 8.63. The minimum Gasteiger partial charge on any atom is -0.280 e. The van der Waals surface area contributed by atoms with E-state index in [1.165, 1.54) is 5.39 Å². The van der Waals surface area contributed by atoms with Crippen LogP contribution in [0.15, 0.2) is 144 Å². The number of rotatable bonds is 5. The molecule has 40 heavy (non-hydrogen) atoms. The summed E-state index contributed by atoms with van der Waals surface area (Å²) in [6.07, 6.45) is 0. The molecule has 1 heterocycles. The number of nitrogens with one attached hydrogen (secondary N) is 1. The SMILES string of the molecule is O=S(=O)(Nc1ccc(-c2cc(-c3ccccc3)c3c(ccc4ccccc43)n2)cc1)c1ccc2ccccc2c1. The lowest BCUT2D eigenvalue weighted by Crippen LogP contribution is -2.12. The average molecular weight is 537 g/mol. The van der Waals surface area contributed by atoms with Gasteiger partial charge in [-0.2, -0.15) is 0 Å². The molecule has 1 aromatic heterocycles. The molecule has 0 spiro atoms. The summed E-state index contributed by atoms with van der Waals surface area (Å²) in [5.74, 6) is 0. The van der Waals surface area contributed by atoms with Crippen LogP contribution in [0.4, 0.5) is 5.69 Å². The fraction of sp³-hybridized carbons (Fsp3) is 0. The maximum atomic E-state index is 13.1. The molecule has 0 radical (unpaired) electrons. The van der Waals surface area contributed by atoms with Crippen LogP contribution >= 0.6 is 0 Å². The molecule has 192 valence electrons. The highest BCUT2D eigenvalue weighted by Crippen LogP contribution is 2.36. The monoisotopic (exact) mass is 536 g/mol. The molecule has 7 rings (SSSR count). The molecular weight excluding hydrogens is 512 g/mol. The molecule has 7 aromatic rings.